The lowest BCUT2D eigenvalue weighted by Crippen LogP contribution is -2.13. The molecule has 0 amide bonds. The zero-order valence-corrected chi connectivity index (χ0v) is 10.2. The van der Waals surface area contributed by atoms with Crippen molar-refractivity contribution >= 4 is 27.5 Å². The highest BCUT2D eigenvalue weighted by atomic mass is 79.9. The summed E-state index contributed by atoms with van der Waals surface area (Å²) in [5, 5.41) is 0.720. The normalized spacial score (nSPS) is 12.9. The zero-order chi connectivity index (χ0) is 10.6. The van der Waals surface area contributed by atoms with Crippen LogP contribution >= 0.6 is 27.5 Å². The van der Waals surface area contributed by atoms with E-state index in [4.69, 9.17) is 23.1 Å². The predicted octanol–water partition coefficient (Wildman–Crippen LogP) is 2.84. The molecule has 1 aromatic rings. The number of hydrogen-bond acceptors (Lipinski definition) is 2. The number of benzene rings is 1. The fraction of sp³-hybridized carbons (Fsp3) is 0.400. The second kappa shape index (κ2) is 5.71. The van der Waals surface area contributed by atoms with Gasteiger partial charge in [-0.05, 0) is 43.1 Å². The molecule has 0 bridgehead atoms. The van der Waals surface area contributed by atoms with Gasteiger partial charge in [0.25, 0.3) is 0 Å². The van der Waals surface area contributed by atoms with Gasteiger partial charge in [0.15, 0.2) is 0 Å². The molecule has 2 nitrogen and oxygen atoms in total. The standard InChI is InChI=1S/C10H14BrClN2/c11-7-3-4-9(12)8(6-7)10(14)2-1-5-13/h3-4,6,10H,1-2,5,13-14H2/t10-/m0/s1. The molecule has 0 unspecified atom stereocenters. The van der Waals surface area contributed by atoms with Gasteiger partial charge in [0.2, 0.25) is 0 Å². The quantitative estimate of drug-likeness (QED) is 0.889. The molecule has 0 saturated heterocycles. The van der Waals surface area contributed by atoms with E-state index < -0.39 is 0 Å². The van der Waals surface area contributed by atoms with Gasteiger partial charge in [-0.3, -0.25) is 0 Å². The van der Waals surface area contributed by atoms with Crippen LogP contribution in [0.5, 0.6) is 0 Å². The van der Waals surface area contributed by atoms with E-state index in [2.05, 4.69) is 15.9 Å². The van der Waals surface area contributed by atoms with Gasteiger partial charge in [-0.1, -0.05) is 27.5 Å². The lowest BCUT2D eigenvalue weighted by Gasteiger charge is -2.13. The van der Waals surface area contributed by atoms with Crippen molar-refractivity contribution < 1.29 is 0 Å². The van der Waals surface area contributed by atoms with Crippen molar-refractivity contribution in [1.29, 1.82) is 0 Å². The van der Waals surface area contributed by atoms with Crippen molar-refractivity contribution in [1.82, 2.24) is 0 Å². The summed E-state index contributed by atoms with van der Waals surface area (Å²) >= 11 is 9.43. The third-order valence-electron chi connectivity index (χ3n) is 2.08. The van der Waals surface area contributed by atoms with Crippen LogP contribution in [0.15, 0.2) is 22.7 Å². The lowest BCUT2D eigenvalue weighted by molar-refractivity contribution is 0.618. The van der Waals surface area contributed by atoms with E-state index in [0.29, 0.717) is 6.54 Å². The van der Waals surface area contributed by atoms with Crippen LogP contribution in [-0.2, 0) is 0 Å². The van der Waals surface area contributed by atoms with Crippen molar-refractivity contribution in [3.8, 4) is 0 Å². The summed E-state index contributed by atoms with van der Waals surface area (Å²) in [7, 11) is 0. The van der Waals surface area contributed by atoms with Crippen LogP contribution in [0.2, 0.25) is 5.02 Å². The first-order valence-corrected chi connectivity index (χ1v) is 5.73. The van der Waals surface area contributed by atoms with Gasteiger partial charge in [-0.15, -0.1) is 0 Å². The molecule has 0 aromatic heterocycles. The molecule has 0 saturated carbocycles. The van der Waals surface area contributed by atoms with E-state index in [1.165, 1.54) is 0 Å². The molecule has 0 radical (unpaired) electrons. The number of halogens is 2. The van der Waals surface area contributed by atoms with Gasteiger partial charge in [-0.25, -0.2) is 0 Å². The van der Waals surface area contributed by atoms with E-state index in [-0.39, 0.29) is 6.04 Å². The van der Waals surface area contributed by atoms with Gasteiger partial charge in [0, 0.05) is 15.5 Å². The maximum absolute atomic E-state index is 6.04. The van der Waals surface area contributed by atoms with Crippen LogP contribution in [0.1, 0.15) is 24.4 Å². The summed E-state index contributed by atoms with van der Waals surface area (Å²) in [6, 6.07) is 5.69. The first kappa shape index (κ1) is 12.0. The topological polar surface area (TPSA) is 52.0 Å². The summed E-state index contributed by atoms with van der Waals surface area (Å²) in [6.45, 7) is 0.666. The van der Waals surface area contributed by atoms with Crippen LogP contribution in [0.25, 0.3) is 0 Å². The Labute approximate surface area is 97.7 Å². The number of nitrogens with two attached hydrogens (primary N) is 2. The minimum absolute atomic E-state index is 0.0245. The predicted molar refractivity (Wildman–Crippen MR) is 64.4 cm³/mol. The Balaban J connectivity index is 2.77. The molecule has 0 heterocycles. The Morgan fingerprint density at radius 2 is 2.14 bits per heavy atom. The van der Waals surface area contributed by atoms with Crippen molar-refractivity contribution in [2.24, 2.45) is 11.5 Å². The smallest absolute Gasteiger partial charge is 0.0454 e. The Bertz CT molecular complexity index is 304. The third-order valence-corrected chi connectivity index (χ3v) is 2.91. The Morgan fingerprint density at radius 1 is 1.43 bits per heavy atom. The molecule has 0 aliphatic rings. The van der Waals surface area contributed by atoms with Gasteiger partial charge >= 0.3 is 0 Å². The largest absolute Gasteiger partial charge is 0.330 e. The number of rotatable bonds is 4. The molecular weight excluding hydrogens is 263 g/mol. The second-order valence-electron chi connectivity index (χ2n) is 3.20. The van der Waals surface area contributed by atoms with E-state index >= 15 is 0 Å². The van der Waals surface area contributed by atoms with Crippen LogP contribution < -0.4 is 11.5 Å². The second-order valence-corrected chi connectivity index (χ2v) is 4.53. The van der Waals surface area contributed by atoms with E-state index in [1.54, 1.807) is 0 Å². The minimum Gasteiger partial charge on any atom is -0.330 e. The van der Waals surface area contributed by atoms with E-state index in [0.717, 1.165) is 27.9 Å². The van der Waals surface area contributed by atoms with Crippen molar-refractivity contribution in [3.63, 3.8) is 0 Å². The highest BCUT2D eigenvalue weighted by Gasteiger charge is 2.09. The molecule has 0 aliphatic heterocycles. The number of hydrogen-bond donors (Lipinski definition) is 2. The lowest BCUT2D eigenvalue weighted by atomic mass is 10.0. The maximum atomic E-state index is 6.04. The summed E-state index contributed by atoms with van der Waals surface area (Å²) in [5.74, 6) is 0. The summed E-state index contributed by atoms with van der Waals surface area (Å²) in [4.78, 5) is 0. The monoisotopic (exact) mass is 276 g/mol. The van der Waals surface area contributed by atoms with Crippen LogP contribution in [0.4, 0.5) is 0 Å². The molecule has 0 aliphatic carbocycles. The fourth-order valence-corrected chi connectivity index (χ4v) is 1.93. The first-order chi connectivity index (χ1) is 6.65. The first-order valence-electron chi connectivity index (χ1n) is 4.55. The SMILES string of the molecule is NCCC[C@H](N)c1cc(Br)ccc1Cl. The molecular formula is C10H14BrClN2. The molecule has 4 N–H and O–H groups in total. The molecule has 14 heavy (non-hydrogen) atoms. The maximum Gasteiger partial charge on any atom is 0.0454 e. The molecule has 1 atom stereocenters. The van der Waals surface area contributed by atoms with Crippen molar-refractivity contribution in [3.05, 3.63) is 33.3 Å². The molecule has 78 valence electrons. The van der Waals surface area contributed by atoms with Crippen molar-refractivity contribution in [2.45, 2.75) is 18.9 Å². The van der Waals surface area contributed by atoms with Crippen LogP contribution in [-0.4, -0.2) is 6.54 Å². The Hall–Kier alpha value is -0.0900. The molecule has 0 fully saturated rings. The molecule has 1 aromatic carbocycles. The highest BCUT2D eigenvalue weighted by Crippen LogP contribution is 2.27. The van der Waals surface area contributed by atoms with E-state index in [1.807, 2.05) is 18.2 Å². The van der Waals surface area contributed by atoms with Gasteiger partial charge in [-0.2, -0.15) is 0 Å². The van der Waals surface area contributed by atoms with Gasteiger partial charge in [0.1, 0.15) is 0 Å². The van der Waals surface area contributed by atoms with Crippen molar-refractivity contribution in [2.75, 3.05) is 6.54 Å². The Morgan fingerprint density at radius 3 is 2.79 bits per heavy atom. The van der Waals surface area contributed by atoms with Gasteiger partial charge in [0.05, 0.1) is 0 Å². The zero-order valence-electron chi connectivity index (χ0n) is 7.84. The minimum atomic E-state index is -0.0245. The molecule has 0 spiro atoms. The van der Waals surface area contributed by atoms with Crippen LogP contribution in [0, 0.1) is 0 Å². The molecule has 4 heteroatoms. The Kier molecular flexibility index (Phi) is 4.89. The van der Waals surface area contributed by atoms with E-state index in [9.17, 15) is 0 Å². The van der Waals surface area contributed by atoms with Crippen LogP contribution in [0.3, 0.4) is 0 Å². The third kappa shape index (κ3) is 3.24. The summed E-state index contributed by atoms with van der Waals surface area (Å²) in [5.41, 5.74) is 12.4. The van der Waals surface area contributed by atoms with Gasteiger partial charge < -0.3 is 11.5 Å². The summed E-state index contributed by atoms with van der Waals surface area (Å²) in [6.07, 6.45) is 1.79. The molecule has 1 rings (SSSR count). The average molecular weight is 278 g/mol. The fourth-order valence-electron chi connectivity index (χ4n) is 1.29. The highest BCUT2D eigenvalue weighted by molar-refractivity contribution is 9.10. The average Bonchev–Trinajstić information content (AvgIpc) is 2.18. The summed E-state index contributed by atoms with van der Waals surface area (Å²) < 4.78 is 1.00.